The number of primary amides is 1. The van der Waals surface area contributed by atoms with Crippen molar-refractivity contribution in [3.8, 4) is 0 Å². The Morgan fingerprint density at radius 2 is 2.41 bits per heavy atom. The molecule has 0 saturated carbocycles. The summed E-state index contributed by atoms with van der Waals surface area (Å²) in [5, 5.41) is 7.13. The number of aromatic nitrogens is 1. The lowest BCUT2D eigenvalue weighted by Crippen LogP contribution is -2.46. The van der Waals surface area contributed by atoms with E-state index in [1.165, 1.54) is 0 Å². The Balaban J connectivity index is 0.00000242. The van der Waals surface area contributed by atoms with Crippen molar-refractivity contribution in [3.63, 3.8) is 0 Å². The number of nitrogens with two attached hydrogens (primary N) is 1. The van der Waals surface area contributed by atoms with Crippen LogP contribution in [-0.2, 0) is 11.3 Å². The van der Waals surface area contributed by atoms with Crippen LogP contribution in [0.3, 0.4) is 0 Å². The highest BCUT2D eigenvalue weighted by Gasteiger charge is 2.23. The molecule has 1 atom stereocenters. The lowest BCUT2D eigenvalue weighted by Gasteiger charge is -2.34. The normalized spacial score (nSPS) is 18.7. The Morgan fingerprint density at radius 3 is 3.00 bits per heavy atom. The van der Waals surface area contributed by atoms with E-state index in [0.717, 1.165) is 43.3 Å². The minimum atomic E-state index is -0.234. The molecule has 0 aromatic carbocycles. The second-order valence-electron chi connectivity index (χ2n) is 5.46. The van der Waals surface area contributed by atoms with Gasteiger partial charge in [-0.05, 0) is 25.7 Å². The highest BCUT2D eigenvalue weighted by atomic mass is 127. The molecular formula is C14H24IN5O2. The molecule has 8 heteroatoms. The number of carbonyl (C=O) groups excluding carboxylic acids is 1. The topological polar surface area (TPSA) is 96.8 Å². The van der Waals surface area contributed by atoms with E-state index >= 15 is 0 Å². The Hall–Kier alpha value is -1.32. The first-order valence-corrected chi connectivity index (χ1v) is 7.24. The number of nitrogens with one attached hydrogen (secondary N) is 1. The third kappa shape index (κ3) is 5.47. The zero-order valence-electron chi connectivity index (χ0n) is 13.0. The summed E-state index contributed by atoms with van der Waals surface area (Å²) in [7, 11) is 1.76. The first-order valence-electron chi connectivity index (χ1n) is 7.24. The van der Waals surface area contributed by atoms with E-state index < -0.39 is 0 Å². The van der Waals surface area contributed by atoms with Crippen LogP contribution in [0.5, 0.6) is 0 Å². The fraction of sp³-hybridized carbons (Fsp3) is 0.643. The van der Waals surface area contributed by atoms with Crippen molar-refractivity contribution >= 4 is 35.8 Å². The molecule has 2 heterocycles. The van der Waals surface area contributed by atoms with Crippen LogP contribution < -0.4 is 11.1 Å². The molecule has 0 spiro atoms. The molecule has 1 aromatic rings. The van der Waals surface area contributed by atoms with Crippen LogP contribution in [0.2, 0.25) is 0 Å². The molecule has 0 bridgehead atoms. The van der Waals surface area contributed by atoms with Crippen LogP contribution in [0, 0.1) is 12.8 Å². The molecule has 3 N–H and O–H groups in total. The summed E-state index contributed by atoms with van der Waals surface area (Å²) in [6.07, 6.45) is 2.52. The van der Waals surface area contributed by atoms with Gasteiger partial charge in [-0.2, -0.15) is 0 Å². The lowest BCUT2D eigenvalue weighted by molar-refractivity contribution is -0.119. The smallest absolute Gasteiger partial charge is 0.217 e. The van der Waals surface area contributed by atoms with Crippen molar-refractivity contribution in [3.05, 3.63) is 17.5 Å². The summed E-state index contributed by atoms with van der Waals surface area (Å²) >= 11 is 0. The Labute approximate surface area is 147 Å². The summed E-state index contributed by atoms with van der Waals surface area (Å²) < 4.78 is 5.17. The molecule has 1 aliphatic rings. The van der Waals surface area contributed by atoms with Crippen LogP contribution >= 0.6 is 24.0 Å². The van der Waals surface area contributed by atoms with Gasteiger partial charge in [0.15, 0.2) is 11.7 Å². The summed E-state index contributed by atoms with van der Waals surface area (Å²) in [6, 6.07) is 1.90. The number of hydrogen-bond acceptors (Lipinski definition) is 4. The standard InChI is InChI=1S/C14H23N5O2.HI/c1-10-6-12(21-18-10)8-17-14(16-2)19-5-3-4-11(9-19)7-13(15)20;/h6,11H,3-5,7-9H2,1-2H3,(H2,15,20)(H,16,17);1H. The van der Waals surface area contributed by atoms with Crippen LogP contribution in [-0.4, -0.2) is 42.1 Å². The average molecular weight is 421 g/mol. The number of rotatable bonds is 4. The monoisotopic (exact) mass is 421 g/mol. The largest absolute Gasteiger partial charge is 0.370 e. The number of carbonyl (C=O) groups is 1. The number of halogens is 1. The number of hydrogen-bond donors (Lipinski definition) is 2. The fourth-order valence-electron chi connectivity index (χ4n) is 2.71. The van der Waals surface area contributed by atoms with E-state index in [0.29, 0.717) is 18.9 Å². The number of likely N-dealkylation sites (tertiary alicyclic amines) is 1. The van der Waals surface area contributed by atoms with Gasteiger partial charge in [-0.1, -0.05) is 5.16 Å². The molecule has 1 saturated heterocycles. The van der Waals surface area contributed by atoms with E-state index in [9.17, 15) is 4.79 Å². The Morgan fingerprint density at radius 1 is 1.64 bits per heavy atom. The van der Waals surface area contributed by atoms with E-state index in [2.05, 4.69) is 20.4 Å². The van der Waals surface area contributed by atoms with E-state index in [-0.39, 0.29) is 29.9 Å². The number of aliphatic imine (C=N–C) groups is 1. The number of amides is 1. The van der Waals surface area contributed by atoms with Crippen LogP contribution in [0.1, 0.15) is 30.7 Å². The lowest BCUT2D eigenvalue weighted by atomic mass is 9.95. The van der Waals surface area contributed by atoms with Gasteiger partial charge in [0.25, 0.3) is 0 Å². The van der Waals surface area contributed by atoms with E-state index in [1.54, 1.807) is 7.05 Å². The molecule has 1 unspecified atom stereocenters. The second-order valence-corrected chi connectivity index (χ2v) is 5.46. The summed E-state index contributed by atoms with van der Waals surface area (Å²) in [4.78, 5) is 17.5. The van der Waals surface area contributed by atoms with Crippen molar-refractivity contribution < 1.29 is 9.32 Å². The summed E-state index contributed by atoms with van der Waals surface area (Å²) in [5.74, 6) is 1.67. The molecule has 1 aliphatic heterocycles. The summed E-state index contributed by atoms with van der Waals surface area (Å²) in [5.41, 5.74) is 6.15. The summed E-state index contributed by atoms with van der Waals surface area (Å²) in [6.45, 7) is 4.17. The molecule has 1 amide bonds. The van der Waals surface area contributed by atoms with Gasteiger partial charge in [0, 0.05) is 32.6 Å². The zero-order chi connectivity index (χ0) is 15.2. The van der Waals surface area contributed by atoms with E-state index in [1.807, 2.05) is 13.0 Å². The van der Waals surface area contributed by atoms with Gasteiger partial charge in [-0.25, -0.2) is 0 Å². The minimum absolute atomic E-state index is 0. The van der Waals surface area contributed by atoms with Gasteiger partial charge >= 0.3 is 0 Å². The van der Waals surface area contributed by atoms with Crippen LogP contribution in [0.25, 0.3) is 0 Å². The maximum Gasteiger partial charge on any atom is 0.217 e. The van der Waals surface area contributed by atoms with Gasteiger partial charge in [0.2, 0.25) is 5.91 Å². The maximum absolute atomic E-state index is 11.1. The average Bonchev–Trinajstić information content (AvgIpc) is 2.85. The SMILES string of the molecule is CN=C(NCc1cc(C)no1)N1CCCC(CC(N)=O)C1.I. The highest BCUT2D eigenvalue weighted by molar-refractivity contribution is 14.0. The molecule has 1 fully saturated rings. The second kappa shape index (κ2) is 8.96. The van der Waals surface area contributed by atoms with Crippen molar-refractivity contribution in [1.29, 1.82) is 0 Å². The third-order valence-corrected chi connectivity index (χ3v) is 3.62. The quantitative estimate of drug-likeness (QED) is 0.434. The Bertz CT molecular complexity index is 517. The van der Waals surface area contributed by atoms with Crippen molar-refractivity contribution in [2.24, 2.45) is 16.6 Å². The number of nitrogens with zero attached hydrogens (tertiary/aromatic N) is 3. The number of guanidine groups is 1. The molecule has 124 valence electrons. The molecule has 2 rings (SSSR count). The predicted octanol–water partition coefficient (Wildman–Crippen LogP) is 1.26. The van der Waals surface area contributed by atoms with Gasteiger partial charge < -0.3 is 20.5 Å². The third-order valence-electron chi connectivity index (χ3n) is 3.62. The first kappa shape index (κ1) is 18.7. The molecule has 7 nitrogen and oxygen atoms in total. The molecule has 0 radical (unpaired) electrons. The highest BCUT2D eigenvalue weighted by Crippen LogP contribution is 2.19. The molecule has 22 heavy (non-hydrogen) atoms. The van der Waals surface area contributed by atoms with Crippen LogP contribution in [0.4, 0.5) is 0 Å². The van der Waals surface area contributed by atoms with Crippen molar-refractivity contribution in [1.82, 2.24) is 15.4 Å². The van der Waals surface area contributed by atoms with Crippen molar-refractivity contribution in [2.75, 3.05) is 20.1 Å². The Kier molecular flexibility index (Phi) is 7.63. The maximum atomic E-state index is 11.1. The van der Waals surface area contributed by atoms with Gasteiger partial charge in [-0.15, -0.1) is 24.0 Å². The van der Waals surface area contributed by atoms with Crippen LogP contribution in [0.15, 0.2) is 15.6 Å². The van der Waals surface area contributed by atoms with Crippen molar-refractivity contribution in [2.45, 2.75) is 32.7 Å². The number of aryl methyl sites for hydroxylation is 1. The molecular weight excluding hydrogens is 397 g/mol. The molecule has 1 aromatic heterocycles. The molecule has 0 aliphatic carbocycles. The van der Waals surface area contributed by atoms with Gasteiger partial charge in [-0.3, -0.25) is 9.79 Å². The number of piperidine rings is 1. The van der Waals surface area contributed by atoms with E-state index in [4.69, 9.17) is 10.3 Å². The fourth-order valence-corrected chi connectivity index (χ4v) is 2.71. The first-order chi connectivity index (χ1) is 10.1. The van der Waals surface area contributed by atoms with Gasteiger partial charge in [0.05, 0.1) is 12.2 Å². The zero-order valence-corrected chi connectivity index (χ0v) is 15.4. The predicted molar refractivity (Wildman–Crippen MR) is 95.0 cm³/mol. The minimum Gasteiger partial charge on any atom is -0.370 e. The van der Waals surface area contributed by atoms with Gasteiger partial charge in [0.1, 0.15) is 0 Å².